The molecule has 0 radical (unpaired) electrons. The maximum absolute atomic E-state index is 10.2. The largest absolute Gasteiger partial charge is 0.391 e. The molecule has 5 rings (SSSR count). The van der Waals surface area contributed by atoms with Crippen LogP contribution < -0.4 is 5.32 Å². The van der Waals surface area contributed by atoms with Crippen molar-refractivity contribution in [1.82, 2.24) is 5.32 Å². The van der Waals surface area contributed by atoms with Crippen LogP contribution in [0.2, 0.25) is 0 Å². The first-order valence-electron chi connectivity index (χ1n) is 10.4. The van der Waals surface area contributed by atoms with E-state index < -0.39 is 22.3 Å². The SMILES string of the molecule is CS(=O)(=O)O.O[C@@H]1CCC[C@H](O)[C@H]1NCc1ccc2c3c(cccc13)-c1ccccc1-2. The van der Waals surface area contributed by atoms with E-state index in [4.69, 9.17) is 4.55 Å². The fourth-order valence-electron chi connectivity index (χ4n) is 4.67. The van der Waals surface area contributed by atoms with Crippen LogP contribution in [0.5, 0.6) is 0 Å². The lowest BCUT2D eigenvalue weighted by atomic mass is 9.89. The summed E-state index contributed by atoms with van der Waals surface area (Å²) in [6.07, 6.45) is 2.17. The van der Waals surface area contributed by atoms with Gasteiger partial charge in [0.15, 0.2) is 0 Å². The van der Waals surface area contributed by atoms with Crippen LogP contribution in [0.15, 0.2) is 54.6 Å². The maximum Gasteiger partial charge on any atom is 0.261 e. The molecule has 2 aliphatic carbocycles. The first-order valence-corrected chi connectivity index (χ1v) is 12.2. The summed E-state index contributed by atoms with van der Waals surface area (Å²) in [5.74, 6) is 0. The molecule has 0 amide bonds. The van der Waals surface area contributed by atoms with Gasteiger partial charge in [0.05, 0.1) is 24.5 Å². The molecule has 2 aliphatic rings. The average molecular weight is 442 g/mol. The van der Waals surface area contributed by atoms with Crippen LogP contribution in [-0.4, -0.2) is 47.7 Å². The van der Waals surface area contributed by atoms with Gasteiger partial charge in [0.2, 0.25) is 0 Å². The van der Waals surface area contributed by atoms with Gasteiger partial charge in [-0.1, -0.05) is 54.6 Å². The van der Waals surface area contributed by atoms with Crippen LogP contribution in [0.25, 0.3) is 33.0 Å². The van der Waals surface area contributed by atoms with E-state index in [0.717, 1.165) is 19.3 Å². The zero-order chi connectivity index (χ0) is 22.2. The summed E-state index contributed by atoms with van der Waals surface area (Å²) < 4.78 is 25.9. The number of aliphatic hydroxyl groups excluding tert-OH is 2. The fraction of sp³-hybridized carbons (Fsp3) is 0.333. The highest BCUT2D eigenvalue weighted by Gasteiger charge is 2.30. The second kappa shape index (κ2) is 8.68. The van der Waals surface area contributed by atoms with E-state index >= 15 is 0 Å². The van der Waals surface area contributed by atoms with Crippen LogP contribution in [0, 0.1) is 0 Å². The number of aliphatic hydroxyl groups is 2. The number of rotatable bonds is 3. The van der Waals surface area contributed by atoms with Crippen molar-refractivity contribution in [2.24, 2.45) is 0 Å². The monoisotopic (exact) mass is 441 g/mol. The lowest BCUT2D eigenvalue weighted by Gasteiger charge is -2.33. The molecule has 0 bridgehead atoms. The quantitative estimate of drug-likeness (QED) is 0.363. The van der Waals surface area contributed by atoms with E-state index in [2.05, 4.69) is 59.9 Å². The number of hydrogen-bond donors (Lipinski definition) is 4. The Labute approximate surface area is 182 Å². The van der Waals surface area contributed by atoms with Gasteiger partial charge >= 0.3 is 0 Å². The van der Waals surface area contributed by atoms with Crippen molar-refractivity contribution < 1.29 is 23.2 Å². The van der Waals surface area contributed by atoms with Crippen LogP contribution in [0.1, 0.15) is 24.8 Å². The molecule has 4 N–H and O–H groups in total. The third-order valence-corrected chi connectivity index (χ3v) is 6.00. The van der Waals surface area contributed by atoms with Crippen molar-refractivity contribution in [3.8, 4) is 22.3 Å². The van der Waals surface area contributed by atoms with Gasteiger partial charge in [0.1, 0.15) is 0 Å². The summed E-state index contributed by atoms with van der Waals surface area (Å²) in [5.41, 5.74) is 6.41. The van der Waals surface area contributed by atoms with Gasteiger partial charge in [0, 0.05) is 6.54 Å². The molecule has 0 saturated heterocycles. The molecule has 1 fully saturated rings. The Morgan fingerprint density at radius 1 is 0.871 bits per heavy atom. The minimum Gasteiger partial charge on any atom is -0.391 e. The second-order valence-electron chi connectivity index (χ2n) is 8.25. The third kappa shape index (κ3) is 4.66. The van der Waals surface area contributed by atoms with Crippen LogP contribution in [-0.2, 0) is 16.7 Å². The lowest BCUT2D eigenvalue weighted by molar-refractivity contribution is 0.000911. The maximum atomic E-state index is 10.2. The molecule has 3 aromatic carbocycles. The number of nitrogens with one attached hydrogen (secondary N) is 1. The van der Waals surface area contributed by atoms with Crippen molar-refractivity contribution in [3.05, 3.63) is 60.2 Å². The second-order valence-corrected chi connectivity index (χ2v) is 9.72. The van der Waals surface area contributed by atoms with E-state index in [1.54, 1.807) is 0 Å². The number of fused-ring (bicyclic) bond motifs is 3. The summed E-state index contributed by atoms with van der Waals surface area (Å²) in [4.78, 5) is 0. The number of benzene rings is 3. The molecule has 0 aromatic heterocycles. The lowest BCUT2D eigenvalue weighted by Crippen LogP contribution is -2.50. The summed E-state index contributed by atoms with van der Waals surface area (Å²) in [5, 5.41) is 26.4. The smallest absolute Gasteiger partial charge is 0.261 e. The molecule has 6 nitrogen and oxygen atoms in total. The third-order valence-electron chi connectivity index (χ3n) is 6.00. The Morgan fingerprint density at radius 3 is 2.03 bits per heavy atom. The standard InChI is InChI=1S/C23H23NO2.CH4O3S/c25-20-9-4-10-21(26)23(20)24-13-14-11-12-19-17-6-2-1-5-16(17)18-8-3-7-15(14)22(18)19;1-5(2,3)4/h1-3,5-8,11-12,20-21,23-26H,4,9-10,13H2;1H3,(H,2,3,4)/t20-,21+,23+;. The molecular formula is C24H27NO5S. The van der Waals surface area contributed by atoms with Gasteiger partial charge in [-0.05, 0) is 57.9 Å². The Bertz CT molecular complexity index is 1160. The van der Waals surface area contributed by atoms with Gasteiger partial charge in [-0.3, -0.25) is 4.55 Å². The van der Waals surface area contributed by atoms with E-state index in [1.807, 2.05) is 0 Å². The molecule has 31 heavy (non-hydrogen) atoms. The van der Waals surface area contributed by atoms with Crippen molar-refractivity contribution in [2.75, 3.05) is 6.26 Å². The Balaban J connectivity index is 0.000000418. The van der Waals surface area contributed by atoms with Gasteiger partial charge in [-0.2, -0.15) is 8.42 Å². The molecule has 0 heterocycles. The number of hydrogen-bond acceptors (Lipinski definition) is 5. The molecule has 3 aromatic rings. The van der Waals surface area contributed by atoms with Gasteiger partial charge in [0.25, 0.3) is 10.1 Å². The fourth-order valence-corrected chi connectivity index (χ4v) is 4.67. The summed E-state index contributed by atoms with van der Waals surface area (Å²) in [7, 11) is -3.67. The predicted molar refractivity (Wildman–Crippen MR) is 122 cm³/mol. The van der Waals surface area contributed by atoms with Crippen molar-refractivity contribution >= 4 is 20.9 Å². The molecule has 7 heteroatoms. The summed E-state index contributed by atoms with van der Waals surface area (Å²) in [6, 6.07) is 19.2. The van der Waals surface area contributed by atoms with Crippen molar-refractivity contribution in [3.63, 3.8) is 0 Å². The van der Waals surface area contributed by atoms with Gasteiger partial charge in [-0.15, -0.1) is 0 Å². The zero-order valence-corrected chi connectivity index (χ0v) is 18.1. The van der Waals surface area contributed by atoms with Crippen LogP contribution in [0.4, 0.5) is 0 Å². The highest BCUT2D eigenvalue weighted by molar-refractivity contribution is 7.85. The van der Waals surface area contributed by atoms with E-state index in [0.29, 0.717) is 12.8 Å². The first-order chi connectivity index (χ1) is 14.7. The van der Waals surface area contributed by atoms with Crippen molar-refractivity contribution in [1.29, 1.82) is 0 Å². The topological polar surface area (TPSA) is 107 Å². The predicted octanol–water partition coefficient (Wildman–Crippen LogP) is 3.36. The van der Waals surface area contributed by atoms with Crippen LogP contribution >= 0.6 is 0 Å². The molecule has 3 atom stereocenters. The Hall–Kier alpha value is -2.29. The summed E-state index contributed by atoms with van der Waals surface area (Å²) >= 11 is 0. The molecule has 0 unspecified atom stereocenters. The Morgan fingerprint density at radius 2 is 1.42 bits per heavy atom. The molecule has 0 aliphatic heterocycles. The molecular weight excluding hydrogens is 414 g/mol. The zero-order valence-electron chi connectivity index (χ0n) is 17.3. The minimum absolute atomic E-state index is 0.246. The highest BCUT2D eigenvalue weighted by atomic mass is 32.2. The minimum atomic E-state index is -3.67. The Kier molecular flexibility index (Phi) is 6.14. The van der Waals surface area contributed by atoms with Gasteiger partial charge in [-0.25, -0.2) is 0 Å². The van der Waals surface area contributed by atoms with Crippen LogP contribution in [0.3, 0.4) is 0 Å². The summed E-state index contributed by atoms with van der Waals surface area (Å²) in [6.45, 7) is 0.648. The van der Waals surface area contributed by atoms with E-state index in [9.17, 15) is 18.6 Å². The molecule has 0 spiro atoms. The average Bonchev–Trinajstić information content (AvgIpc) is 3.04. The van der Waals surface area contributed by atoms with E-state index in [-0.39, 0.29) is 6.04 Å². The van der Waals surface area contributed by atoms with Crippen molar-refractivity contribution in [2.45, 2.75) is 44.1 Å². The van der Waals surface area contributed by atoms with E-state index in [1.165, 1.54) is 38.6 Å². The normalized spacial score (nSPS) is 22.0. The first kappa shape index (κ1) is 21.9. The highest BCUT2D eigenvalue weighted by Crippen LogP contribution is 2.47. The van der Waals surface area contributed by atoms with Gasteiger partial charge < -0.3 is 15.5 Å². The molecule has 164 valence electrons. The molecule has 1 saturated carbocycles.